The zero-order valence-electron chi connectivity index (χ0n) is 27.1. The van der Waals surface area contributed by atoms with E-state index in [-0.39, 0.29) is 29.5 Å². The molecule has 252 valence electrons. The number of ether oxygens (including phenoxy) is 1. The van der Waals surface area contributed by atoms with Crippen LogP contribution in [-0.2, 0) is 32.6 Å². The molecule has 0 aliphatic rings. The van der Waals surface area contributed by atoms with Crippen LogP contribution >= 0.6 is 11.6 Å². The molecule has 0 saturated carbocycles. The number of anilines is 1. The maximum Gasteiger partial charge on any atom is 0.264 e. The van der Waals surface area contributed by atoms with Crippen LogP contribution in [0.25, 0.3) is 0 Å². The lowest BCUT2D eigenvalue weighted by Crippen LogP contribution is -2.53. The third-order valence-electron chi connectivity index (χ3n) is 7.83. The molecule has 0 saturated heterocycles. The van der Waals surface area contributed by atoms with E-state index in [1.807, 2.05) is 67.6 Å². The number of hydrogen-bond acceptors (Lipinski definition) is 5. The minimum absolute atomic E-state index is 0.0152. The molecule has 0 aliphatic carbocycles. The maximum absolute atomic E-state index is 14.6. The second-order valence-corrected chi connectivity index (χ2v) is 13.6. The van der Waals surface area contributed by atoms with Crippen LogP contribution in [0.1, 0.15) is 24.5 Å². The van der Waals surface area contributed by atoms with E-state index in [2.05, 4.69) is 5.32 Å². The van der Waals surface area contributed by atoms with Gasteiger partial charge in [-0.05, 0) is 72.1 Å². The normalized spacial score (nSPS) is 11.7. The average Bonchev–Trinajstić information content (AvgIpc) is 3.13. The topological polar surface area (TPSA) is 96.0 Å². The van der Waals surface area contributed by atoms with Crippen molar-refractivity contribution in [2.45, 2.75) is 37.2 Å². The molecule has 0 fully saturated rings. The number of carbonyl (C=O) groups excluding carboxylic acids is 2. The molecule has 1 atom stereocenters. The number of sulfonamides is 1. The first-order chi connectivity index (χ1) is 23.8. The van der Waals surface area contributed by atoms with E-state index in [9.17, 15) is 18.0 Å². The van der Waals surface area contributed by atoms with Crippen LogP contribution in [0.15, 0.2) is 144 Å². The summed E-state index contributed by atoms with van der Waals surface area (Å²) in [5.74, 6) is 0.206. The third kappa shape index (κ3) is 9.28. The van der Waals surface area contributed by atoms with Crippen molar-refractivity contribution in [2.24, 2.45) is 0 Å². The predicted octanol–water partition coefficient (Wildman–Crippen LogP) is 7.49. The number of carbonyl (C=O) groups is 2. The number of rotatable bonds is 15. The van der Waals surface area contributed by atoms with Gasteiger partial charge in [-0.25, -0.2) is 8.42 Å². The van der Waals surface area contributed by atoms with E-state index in [1.54, 1.807) is 66.7 Å². The van der Waals surface area contributed by atoms with Gasteiger partial charge in [-0.2, -0.15) is 0 Å². The standard InChI is InChI=1S/C39H38ClN3O5S/c1-2-26-41-39(45)37(27-30-14-6-3-7-15-30)42(28-31-16-12-13-21-36(31)40)38(44)29-43(49(46,47)35-19-10-5-11-20-35)32-22-24-34(25-23-32)48-33-17-8-4-9-18-33/h3-25,37H,2,26-29H2,1H3,(H,41,45)/t37-/m0/s1. The monoisotopic (exact) mass is 695 g/mol. The Hall–Kier alpha value is -5.12. The Morgan fingerprint density at radius 1 is 0.755 bits per heavy atom. The van der Waals surface area contributed by atoms with Crippen LogP contribution < -0.4 is 14.4 Å². The van der Waals surface area contributed by atoms with E-state index >= 15 is 0 Å². The summed E-state index contributed by atoms with van der Waals surface area (Å²) in [6.07, 6.45) is 0.916. The van der Waals surface area contributed by atoms with E-state index in [0.29, 0.717) is 35.1 Å². The van der Waals surface area contributed by atoms with Crippen molar-refractivity contribution < 1.29 is 22.7 Å². The van der Waals surface area contributed by atoms with Crippen LogP contribution in [0.5, 0.6) is 11.5 Å². The van der Waals surface area contributed by atoms with Gasteiger partial charge in [-0.1, -0.05) is 103 Å². The van der Waals surface area contributed by atoms with Gasteiger partial charge < -0.3 is 15.0 Å². The molecule has 2 amide bonds. The predicted molar refractivity (Wildman–Crippen MR) is 193 cm³/mol. The Kier molecular flexibility index (Phi) is 12.1. The Balaban J connectivity index is 1.55. The molecule has 5 aromatic rings. The molecular formula is C39H38ClN3O5S. The Bertz CT molecular complexity index is 1930. The maximum atomic E-state index is 14.6. The molecule has 0 radical (unpaired) electrons. The van der Waals surface area contributed by atoms with Gasteiger partial charge in [0.25, 0.3) is 10.0 Å². The van der Waals surface area contributed by atoms with Crippen LogP contribution in [0.4, 0.5) is 5.69 Å². The van der Waals surface area contributed by atoms with Crippen molar-refractivity contribution in [2.75, 3.05) is 17.4 Å². The van der Waals surface area contributed by atoms with E-state index in [1.165, 1.54) is 17.0 Å². The van der Waals surface area contributed by atoms with Gasteiger partial charge in [0.2, 0.25) is 11.8 Å². The lowest BCUT2D eigenvalue weighted by atomic mass is 10.0. The molecule has 8 nitrogen and oxygen atoms in total. The molecule has 10 heteroatoms. The first kappa shape index (κ1) is 35.2. The fourth-order valence-corrected chi connectivity index (χ4v) is 6.91. The number of halogens is 1. The fourth-order valence-electron chi connectivity index (χ4n) is 5.28. The number of benzene rings is 5. The van der Waals surface area contributed by atoms with Gasteiger partial charge in [0.15, 0.2) is 0 Å². The van der Waals surface area contributed by atoms with Crippen LogP contribution in [-0.4, -0.2) is 44.3 Å². The molecule has 49 heavy (non-hydrogen) atoms. The van der Waals surface area contributed by atoms with Crippen LogP contribution in [0, 0.1) is 0 Å². The summed E-state index contributed by atoms with van der Waals surface area (Å²) in [6, 6.07) is 39.2. The van der Waals surface area contributed by atoms with Crippen molar-refractivity contribution in [1.29, 1.82) is 0 Å². The highest BCUT2D eigenvalue weighted by molar-refractivity contribution is 7.92. The summed E-state index contributed by atoms with van der Waals surface area (Å²) < 4.78 is 35.5. The summed E-state index contributed by atoms with van der Waals surface area (Å²) >= 11 is 6.57. The Labute approximate surface area is 293 Å². The number of hydrogen-bond donors (Lipinski definition) is 1. The summed E-state index contributed by atoms with van der Waals surface area (Å²) in [4.78, 5) is 29.9. The molecule has 5 aromatic carbocycles. The third-order valence-corrected chi connectivity index (χ3v) is 9.99. The van der Waals surface area contributed by atoms with E-state index in [4.69, 9.17) is 16.3 Å². The summed E-state index contributed by atoms with van der Waals surface area (Å²) in [5.41, 5.74) is 1.72. The number of para-hydroxylation sites is 1. The van der Waals surface area contributed by atoms with Gasteiger partial charge in [0.05, 0.1) is 10.6 Å². The van der Waals surface area contributed by atoms with Gasteiger partial charge in [0.1, 0.15) is 24.1 Å². The van der Waals surface area contributed by atoms with Crippen LogP contribution in [0.2, 0.25) is 5.02 Å². The van der Waals surface area contributed by atoms with Crippen molar-refractivity contribution in [3.8, 4) is 11.5 Å². The molecule has 1 N–H and O–H groups in total. The SMILES string of the molecule is CCCNC(=O)[C@H](Cc1ccccc1)N(Cc1ccccc1Cl)C(=O)CN(c1ccc(Oc2ccccc2)cc1)S(=O)(=O)c1ccccc1. The van der Waals surface area contributed by atoms with Crippen molar-refractivity contribution in [3.05, 3.63) is 156 Å². The lowest BCUT2D eigenvalue weighted by molar-refractivity contribution is -0.140. The second-order valence-electron chi connectivity index (χ2n) is 11.3. The molecule has 0 unspecified atom stereocenters. The number of nitrogens with one attached hydrogen (secondary N) is 1. The summed E-state index contributed by atoms with van der Waals surface area (Å²) in [5, 5.41) is 3.37. The number of nitrogens with zero attached hydrogens (tertiary/aromatic N) is 2. The van der Waals surface area contributed by atoms with E-state index in [0.717, 1.165) is 9.87 Å². The minimum Gasteiger partial charge on any atom is -0.457 e. The molecular weight excluding hydrogens is 658 g/mol. The largest absolute Gasteiger partial charge is 0.457 e. The highest BCUT2D eigenvalue weighted by atomic mass is 35.5. The van der Waals surface area contributed by atoms with Gasteiger partial charge >= 0.3 is 0 Å². The first-order valence-corrected chi connectivity index (χ1v) is 17.8. The van der Waals surface area contributed by atoms with Gasteiger partial charge in [0, 0.05) is 24.5 Å². The molecule has 5 rings (SSSR count). The van der Waals surface area contributed by atoms with Crippen molar-refractivity contribution in [1.82, 2.24) is 10.2 Å². The zero-order chi connectivity index (χ0) is 34.6. The zero-order valence-corrected chi connectivity index (χ0v) is 28.7. The highest BCUT2D eigenvalue weighted by Gasteiger charge is 2.34. The van der Waals surface area contributed by atoms with Gasteiger partial charge in [-0.15, -0.1) is 0 Å². The second kappa shape index (κ2) is 16.8. The van der Waals surface area contributed by atoms with Crippen molar-refractivity contribution >= 4 is 39.1 Å². The van der Waals surface area contributed by atoms with Gasteiger partial charge in [-0.3, -0.25) is 13.9 Å². The van der Waals surface area contributed by atoms with Crippen molar-refractivity contribution in [3.63, 3.8) is 0 Å². The van der Waals surface area contributed by atoms with E-state index < -0.39 is 28.5 Å². The quantitative estimate of drug-likeness (QED) is 0.122. The first-order valence-electron chi connectivity index (χ1n) is 16.0. The smallest absolute Gasteiger partial charge is 0.264 e. The average molecular weight is 696 g/mol. The molecule has 0 bridgehead atoms. The van der Waals surface area contributed by atoms with Crippen LogP contribution in [0.3, 0.4) is 0 Å². The summed E-state index contributed by atoms with van der Waals surface area (Å²) in [6.45, 7) is 1.78. The Morgan fingerprint density at radius 2 is 1.33 bits per heavy atom. The lowest BCUT2D eigenvalue weighted by Gasteiger charge is -2.34. The Morgan fingerprint density at radius 3 is 1.96 bits per heavy atom. The number of amides is 2. The summed E-state index contributed by atoms with van der Waals surface area (Å²) in [7, 11) is -4.24. The molecule has 0 aromatic heterocycles. The molecule has 0 spiro atoms. The molecule has 0 heterocycles. The molecule has 0 aliphatic heterocycles. The fraction of sp³-hybridized carbons (Fsp3) is 0.179. The minimum atomic E-state index is -4.24. The highest BCUT2D eigenvalue weighted by Crippen LogP contribution is 2.29.